The van der Waals surface area contributed by atoms with E-state index in [1.807, 2.05) is 66.7 Å². The summed E-state index contributed by atoms with van der Waals surface area (Å²) in [5.41, 5.74) is 6.13. The number of aromatic hydroxyl groups is 1. The molecule has 0 atom stereocenters. The normalized spacial score (nSPS) is 11.2. The van der Waals surface area contributed by atoms with Crippen LogP contribution in [-0.4, -0.2) is 26.6 Å². The molecule has 0 saturated carbocycles. The van der Waals surface area contributed by atoms with E-state index in [4.69, 9.17) is 14.7 Å². The highest BCUT2D eigenvalue weighted by Gasteiger charge is 2.23. The molecule has 0 saturated heterocycles. The molecule has 0 radical (unpaired) electrons. The van der Waals surface area contributed by atoms with Crippen molar-refractivity contribution in [3.05, 3.63) is 103 Å². The van der Waals surface area contributed by atoms with Crippen LogP contribution >= 0.6 is 0 Å². The van der Waals surface area contributed by atoms with Crippen molar-refractivity contribution in [1.82, 2.24) is 14.4 Å². The van der Waals surface area contributed by atoms with E-state index in [2.05, 4.69) is 28.7 Å². The van der Waals surface area contributed by atoms with Gasteiger partial charge < -0.3 is 9.84 Å². The second-order valence-electron chi connectivity index (χ2n) is 8.04. The maximum atomic E-state index is 10.3. The predicted molar refractivity (Wildman–Crippen MR) is 135 cm³/mol. The molecule has 0 bridgehead atoms. The quantitative estimate of drug-likeness (QED) is 0.334. The minimum absolute atomic E-state index is 0.173. The van der Waals surface area contributed by atoms with Crippen molar-refractivity contribution >= 4 is 16.6 Å². The Hall–Kier alpha value is -4.64. The summed E-state index contributed by atoms with van der Waals surface area (Å²) in [5, 5.41) is 11.1. The molecule has 0 amide bonds. The van der Waals surface area contributed by atoms with Gasteiger partial charge in [0.2, 0.25) is 0 Å². The smallest absolute Gasteiger partial charge is 0.150 e. The first kappa shape index (κ1) is 20.0. The number of para-hydroxylation sites is 1. The number of phenolic OH excluding ortho intramolecular Hbond substituents is 1. The molecule has 5 nitrogen and oxygen atoms in total. The van der Waals surface area contributed by atoms with Crippen molar-refractivity contribution in [3.63, 3.8) is 0 Å². The molecule has 0 unspecified atom stereocenters. The SMILES string of the molecule is COc1ccccc1-c1nc2ccc(O)cc2c2nc(-c3ccccc3)c(-c3ccccc3)n12. The first-order valence-electron chi connectivity index (χ1n) is 11.0. The maximum absolute atomic E-state index is 10.3. The van der Waals surface area contributed by atoms with E-state index in [1.54, 1.807) is 19.2 Å². The Morgan fingerprint density at radius 3 is 2.15 bits per heavy atom. The lowest BCUT2D eigenvalue weighted by Crippen LogP contribution is -2.01. The summed E-state index contributed by atoms with van der Waals surface area (Å²) < 4.78 is 7.78. The summed E-state index contributed by atoms with van der Waals surface area (Å²) >= 11 is 0. The van der Waals surface area contributed by atoms with Crippen molar-refractivity contribution in [1.29, 1.82) is 0 Å². The van der Waals surface area contributed by atoms with Crippen LogP contribution < -0.4 is 4.74 Å². The predicted octanol–water partition coefficient (Wildman–Crippen LogP) is 6.60. The Morgan fingerprint density at radius 1 is 0.735 bits per heavy atom. The highest BCUT2D eigenvalue weighted by atomic mass is 16.5. The van der Waals surface area contributed by atoms with Gasteiger partial charge in [0.05, 0.1) is 29.6 Å². The Bertz CT molecular complexity index is 1640. The fourth-order valence-electron chi connectivity index (χ4n) is 4.44. The summed E-state index contributed by atoms with van der Waals surface area (Å²) in [6.45, 7) is 0. The van der Waals surface area contributed by atoms with Crippen LogP contribution in [-0.2, 0) is 0 Å². The molecule has 0 spiro atoms. The van der Waals surface area contributed by atoms with Crippen LogP contribution in [0.1, 0.15) is 0 Å². The lowest BCUT2D eigenvalue weighted by molar-refractivity contribution is 0.416. The number of hydrogen-bond donors (Lipinski definition) is 1. The summed E-state index contributed by atoms with van der Waals surface area (Å²) in [5.74, 6) is 1.62. The van der Waals surface area contributed by atoms with Crippen LogP contribution in [0, 0.1) is 0 Å². The van der Waals surface area contributed by atoms with E-state index < -0.39 is 0 Å². The third kappa shape index (κ3) is 3.18. The monoisotopic (exact) mass is 443 g/mol. The minimum Gasteiger partial charge on any atom is -0.508 e. The number of nitrogens with zero attached hydrogens (tertiary/aromatic N) is 3. The molecule has 0 aliphatic rings. The zero-order valence-electron chi connectivity index (χ0n) is 18.5. The number of hydrogen-bond acceptors (Lipinski definition) is 4. The first-order chi connectivity index (χ1) is 16.7. The second-order valence-corrected chi connectivity index (χ2v) is 8.04. The average Bonchev–Trinajstić information content (AvgIpc) is 3.30. The number of methoxy groups -OCH3 is 1. The van der Waals surface area contributed by atoms with Gasteiger partial charge >= 0.3 is 0 Å². The molecule has 6 rings (SSSR count). The first-order valence-corrected chi connectivity index (χ1v) is 11.0. The molecular formula is C29H21N3O2. The second kappa shape index (κ2) is 8.05. The Morgan fingerprint density at radius 2 is 1.41 bits per heavy atom. The molecule has 0 fully saturated rings. The fourth-order valence-corrected chi connectivity index (χ4v) is 4.44. The van der Waals surface area contributed by atoms with Crippen molar-refractivity contribution in [2.45, 2.75) is 0 Å². The third-order valence-corrected chi connectivity index (χ3v) is 5.98. The maximum Gasteiger partial charge on any atom is 0.150 e. The lowest BCUT2D eigenvalue weighted by Gasteiger charge is -2.14. The minimum atomic E-state index is 0.173. The van der Waals surface area contributed by atoms with Gasteiger partial charge in [-0.3, -0.25) is 4.40 Å². The van der Waals surface area contributed by atoms with E-state index in [0.717, 1.165) is 56.2 Å². The number of fused-ring (bicyclic) bond motifs is 3. The molecule has 0 aliphatic carbocycles. The van der Waals surface area contributed by atoms with E-state index in [9.17, 15) is 5.11 Å². The Kier molecular flexibility index (Phi) is 4.73. The van der Waals surface area contributed by atoms with Gasteiger partial charge in [-0.1, -0.05) is 72.8 Å². The molecule has 164 valence electrons. The van der Waals surface area contributed by atoms with Gasteiger partial charge in [-0.15, -0.1) is 0 Å². The Balaban J connectivity index is 1.84. The van der Waals surface area contributed by atoms with Gasteiger partial charge in [0, 0.05) is 16.5 Å². The summed E-state index contributed by atoms with van der Waals surface area (Å²) in [6, 6.07) is 33.4. The van der Waals surface area contributed by atoms with Crippen LogP contribution in [0.2, 0.25) is 0 Å². The molecule has 0 aliphatic heterocycles. The van der Waals surface area contributed by atoms with Gasteiger partial charge in [-0.25, -0.2) is 9.97 Å². The van der Waals surface area contributed by atoms with Gasteiger partial charge in [0.25, 0.3) is 0 Å². The highest BCUT2D eigenvalue weighted by Crippen LogP contribution is 2.39. The van der Waals surface area contributed by atoms with Crippen LogP contribution in [0.15, 0.2) is 103 Å². The molecule has 4 aromatic carbocycles. The van der Waals surface area contributed by atoms with Crippen LogP contribution in [0.3, 0.4) is 0 Å². The van der Waals surface area contributed by atoms with Crippen LogP contribution in [0.4, 0.5) is 0 Å². The van der Waals surface area contributed by atoms with Gasteiger partial charge in [0.15, 0.2) is 5.82 Å². The number of ether oxygens (including phenoxy) is 1. The average molecular weight is 444 g/mol. The standard InChI is InChI=1S/C29H21N3O2/c1-34-25-15-9-8-14-22(25)28-30-24-17-16-21(33)18-23(24)29-31-26(19-10-4-2-5-11-19)27(32(28)29)20-12-6-3-7-13-20/h2-18,33H,1H3. The van der Waals surface area contributed by atoms with E-state index in [1.165, 1.54) is 0 Å². The summed E-state index contributed by atoms with van der Waals surface area (Å²) in [7, 11) is 1.66. The number of benzene rings is 4. The molecule has 2 aromatic heterocycles. The summed E-state index contributed by atoms with van der Waals surface area (Å²) in [6.07, 6.45) is 0. The van der Waals surface area contributed by atoms with Crippen molar-refractivity contribution in [2.24, 2.45) is 0 Å². The fraction of sp³-hybridized carbons (Fsp3) is 0.0345. The Labute approximate surface area is 196 Å². The van der Waals surface area contributed by atoms with Gasteiger partial charge in [-0.05, 0) is 30.3 Å². The topological polar surface area (TPSA) is 59.7 Å². The zero-order valence-corrected chi connectivity index (χ0v) is 18.5. The highest BCUT2D eigenvalue weighted by molar-refractivity contribution is 5.98. The number of imidazole rings is 1. The van der Waals surface area contributed by atoms with E-state index in [0.29, 0.717) is 0 Å². The van der Waals surface area contributed by atoms with E-state index >= 15 is 0 Å². The lowest BCUT2D eigenvalue weighted by atomic mass is 10.0. The number of aromatic nitrogens is 3. The van der Waals surface area contributed by atoms with Crippen molar-refractivity contribution < 1.29 is 9.84 Å². The third-order valence-electron chi connectivity index (χ3n) is 5.98. The largest absolute Gasteiger partial charge is 0.508 e. The number of rotatable bonds is 4. The molecule has 2 heterocycles. The number of phenols is 1. The summed E-state index contributed by atoms with van der Waals surface area (Å²) in [4.78, 5) is 10.2. The molecule has 5 heteroatoms. The molecule has 34 heavy (non-hydrogen) atoms. The van der Waals surface area contributed by atoms with Crippen LogP contribution in [0.5, 0.6) is 11.5 Å². The molecule has 6 aromatic rings. The molecular weight excluding hydrogens is 422 g/mol. The van der Waals surface area contributed by atoms with Crippen molar-refractivity contribution in [2.75, 3.05) is 7.11 Å². The van der Waals surface area contributed by atoms with E-state index in [-0.39, 0.29) is 5.75 Å². The molecule has 1 N–H and O–H groups in total. The zero-order chi connectivity index (χ0) is 23.1. The van der Waals surface area contributed by atoms with Gasteiger partial charge in [0.1, 0.15) is 17.1 Å². The van der Waals surface area contributed by atoms with Gasteiger partial charge in [-0.2, -0.15) is 0 Å². The van der Waals surface area contributed by atoms with Crippen LogP contribution in [0.25, 0.3) is 50.5 Å². The van der Waals surface area contributed by atoms with Crippen molar-refractivity contribution in [3.8, 4) is 45.4 Å².